The molecular weight excluding hydrogens is 206 g/mol. The van der Waals surface area contributed by atoms with Gasteiger partial charge in [-0.25, -0.2) is 0 Å². The third-order valence-electron chi connectivity index (χ3n) is 2.89. The maximum atomic E-state index is 11.9. The highest BCUT2D eigenvalue weighted by Crippen LogP contribution is 2.10. The van der Waals surface area contributed by atoms with Crippen molar-refractivity contribution >= 4 is 5.78 Å². The van der Waals surface area contributed by atoms with E-state index in [1.165, 1.54) is 0 Å². The topological polar surface area (TPSA) is 42.7 Å². The molecule has 1 saturated heterocycles. The van der Waals surface area contributed by atoms with Crippen LogP contribution in [-0.2, 0) is 16.0 Å². The van der Waals surface area contributed by atoms with Crippen LogP contribution in [0.4, 0.5) is 0 Å². The summed E-state index contributed by atoms with van der Waals surface area (Å²) in [5, 5.41) is 0. The van der Waals surface area contributed by atoms with Gasteiger partial charge >= 0.3 is 0 Å². The fourth-order valence-corrected chi connectivity index (χ4v) is 1.88. The Balaban J connectivity index is 1.89. The number of hydrogen-bond acceptors (Lipinski definition) is 4. The number of carbonyl (C=O) groups excluding carboxylic acids is 1. The molecule has 1 unspecified atom stereocenters. The second-order valence-corrected chi connectivity index (χ2v) is 3.98. The predicted molar refractivity (Wildman–Crippen MR) is 59.3 cm³/mol. The molecule has 1 fully saturated rings. The minimum atomic E-state index is -0.293. The number of nitrogens with zero attached hydrogens (tertiary/aromatic N) is 1. The highest BCUT2D eigenvalue weighted by atomic mass is 16.5. The number of ether oxygens (including phenoxy) is 1. The maximum absolute atomic E-state index is 11.9. The lowest BCUT2D eigenvalue weighted by atomic mass is 10.1. The molecular formula is C12H17NO3. The number of rotatable bonds is 4. The van der Waals surface area contributed by atoms with Crippen molar-refractivity contribution in [2.75, 3.05) is 26.2 Å². The van der Waals surface area contributed by atoms with Crippen molar-refractivity contribution in [2.24, 2.45) is 0 Å². The number of morpholine rings is 1. The van der Waals surface area contributed by atoms with Crippen LogP contribution in [0.25, 0.3) is 0 Å². The lowest BCUT2D eigenvalue weighted by molar-refractivity contribution is -0.135. The zero-order valence-electron chi connectivity index (χ0n) is 9.52. The van der Waals surface area contributed by atoms with Gasteiger partial charge in [0, 0.05) is 13.1 Å². The van der Waals surface area contributed by atoms with Gasteiger partial charge in [-0.1, -0.05) is 6.92 Å². The quantitative estimate of drug-likeness (QED) is 0.767. The van der Waals surface area contributed by atoms with Gasteiger partial charge in [-0.15, -0.1) is 0 Å². The van der Waals surface area contributed by atoms with Crippen LogP contribution in [0.3, 0.4) is 0 Å². The highest BCUT2D eigenvalue weighted by Gasteiger charge is 2.26. The van der Waals surface area contributed by atoms with Gasteiger partial charge < -0.3 is 9.15 Å². The van der Waals surface area contributed by atoms with Gasteiger partial charge in [0.2, 0.25) is 0 Å². The van der Waals surface area contributed by atoms with E-state index < -0.39 is 0 Å². The van der Waals surface area contributed by atoms with E-state index in [-0.39, 0.29) is 11.9 Å². The van der Waals surface area contributed by atoms with Crippen molar-refractivity contribution in [3.8, 4) is 0 Å². The second-order valence-electron chi connectivity index (χ2n) is 3.98. The number of hydrogen-bond donors (Lipinski definition) is 0. The summed E-state index contributed by atoms with van der Waals surface area (Å²) in [6.07, 6.45) is 1.62. The molecule has 88 valence electrons. The van der Waals surface area contributed by atoms with E-state index in [0.717, 1.165) is 13.1 Å². The molecule has 1 aromatic rings. The van der Waals surface area contributed by atoms with Crippen LogP contribution in [0.5, 0.6) is 0 Å². The first-order chi connectivity index (χ1) is 7.79. The summed E-state index contributed by atoms with van der Waals surface area (Å²) in [6.45, 7) is 5.33. The Morgan fingerprint density at radius 3 is 3.19 bits per heavy atom. The molecule has 1 aromatic heterocycles. The molecule has 2 heterocycles. The number of Topliss-reactive ketones (excluding diaryl/α,β-unsaturated/α-hetero) is 1. The number of furan rings is 1. The largest absolute Gasteiger partial charge is 0.469 e. The molecule has 0 saturated carbocycles. The molecule has 4 nitrogen and oxygen atoms in total. The van der Waals surface area contributed by atoms with Crippen LogP contribution in [-0.4, -0.2) is 43.0 Å². The molecule has 0 aromatic carbocycles. The lowest BCUT2D eigenvalue weighted by Crippen LogP contribution is -2.46. The molecule has 4 heteroatoms. The molecule has 16 heavy (non-hydrogen) atoms. The van der Waals surface area contributed by atoms with Crippen molar-refractivity contribution in [1.29, 1.82) is 0 Å². The SMILES string of the molecule is CCN1CCOC(C(=O)Cc2ccco2)C1. The van der Waals surface area contributed by atoms with Crippen molar-refractivity contribution in [3.63, 3.8) is 0 Å². The summed E-state index contributed by atoms with van der Waals surface area (Å²) in [7, 11) is 0. The first kappa shape index (κ1) is 11.4. The Morgan fingerprint density at radius 2 is 2.50 bits per heavy atom. The van der Waals surface area contributed by atoms with E-state index in [4.69, 9.17) is 9.15 Å². The minimum Gasteiger partial charge on any atom is -0.469 e. The Bertz CT molecular complexity index is 334. The van der Waals surface area contributed by atoms with E-state index in [0.29, 0.717) is 25.3 Å². The smallest absolute Gasteiger partial charge is 0.170 e. The number of likely N-dealkylation sites (N-methyl/N-ethyl adjacent to an activating group) is 1. The zero-order valence-corrected chi connectivity index (χ0v) is 9.52. The van der Waals surface area contributed by atoms with Gasteiger partial charge in [0.15, 0.2) is 5.78 Å². The fourth-order valence-electron chi connectivity index (χ4n) is 1.88. The monoisotopic (exact) mass is 223 g/mol. The summed E-state index contributed by atoms with van der Waals surface area (Å²) in [4.78, 5) is 14.1. The maximum Gasteiger partial charge on any atom is 0.170 e. The average molecular weight is 223 g/mol. The van der Waals surface area contributed by atoms with Crippen LogP contribution >= 0.6 is 0 Å². The van der Waals surface area contributed by atoms with E-state index in [2.05, 4.69) is 11.8 Å². The van der Waals surface area contributed by atoms with Gasteiger partial charge in [0.1, 0.15) is 11.9 Å². The molecule has 0 bridgehead atoms. The van der Waals surface area contributed by atoms with Gasteiger partial charge in [-0.2, -0.15) is 0 Å². The van der Waals surface area contributed by atoms with Crippen molar-refractivity contribution < 1.29 is 13.9 Å². The van der Waals surface area contributed by atoms with Crippen LogP contribution in [0.1, 0.15) is 12.7 Å². The number of ketones is 1. The van der Waals surface area contributed by atoms with E-state index >= 15 is 0 Å². The zero-order chi connectivity index (χ0) is 11.4. The van der Waals surface area contributed by atoms with Gasteiger partial charge in [0.05, 0.1) is 19.3 Å². The number of carbonyl (C=O) groups is 1. The van der Waals surface area contributed by atoms with E-state index in [1.54, 1.807) is 12.3 Å². The Hall–Kier alpha value is -1.13. The first-order valence-electron chi connectivity index (χ1n) is 5.68. The Morgan fingerprint density at radius 1 is 1.62 bits per heavy atom. The van der Waals surface area contributed by atoms with Crippen LogP contribution in [0.15, 0.2) is 22.8 Å². The second kappa shape index (κ2) is 5.27. The van der Waals surface area contributed by atoms with Crippen molar-refractivity contribution in [1.82, 2.24) is 4.90 Å². The highest BCUT2D eigenvalue weighted by molar-refractivity contribution is 5.85. The standard InChI is InChI=1S/C12H17NO3/c1-2-13-5-7-16-12(9-13)11(14)8-10-4-3-6-15-10/h3-4,6,12H,2,5,7-9H2,1H3. The molecule has 1 atom stereocenters. The van der Waals surface area contributed by atoms with Crippen molar-refractivity contribution in [3.05, 3.63) is 24.2 Å². The summed E-state index contributed by atoms with van der Waals surface area (Å²) < 4.78 is 10.6. The van der Waals surface area contributed by atoms with Crippen LogP contribution in [0.2, 0.25) is 0 Å². The van der Waals surface area contributed by atoms with Gasteiger partial charge in [-0.3, -0.25) is 9.69 Å². The molecule has 0 aliphatic carbocycles. The van der Waals surface area contributed by atoms with Gasteiger partial charge in [-0.05, 0) is 18.7 Å². The Kier molecular flexibility index (Phi) is 3.74. The summed E-state index contributed by atoms with van der Waals surface area (Å²) in [5.41, 5.74) is 0. The van der Waals surface area contributed by atoms with Crippen molar-refractivity contribution in [2.45, 2.75) is 19.4 Å². The van der Waals surface area contributed by atoms with Crippen LogP contribution in [0, 0.1) is 0 Å². The fraction of sp³-hybridized carbons (Fsp3) is 0.583. The third kappa shape index (κ3) is 2.71. The minimum absolute atomic E-state index is 0.105. The van der Waals surface area contributed by atoms with E-state index in [9.17, 15) is 4.79 Å². The Labute approximate surface area is 95.2 Å². The summed E-state index contributed by atoms with van der Waals surface area (Å²) >= 11 is 0. The average Bonchev–Trinajstić information content (AvgIpc) is 2.82. The molecule has 1 aliphatic rings. The molecule has 0 radical (unpaired) electrons. The molecule has 0 amide bonds. The first-order valence-corrected chi connectivity index (χ1v) is 5.68. The normalized spacial score (nSPS) is 22.2. The van der Waals surface area contributed by atoms with E-state index in [1.807, 2.05) is 6.07 Å². The third-order valence-corrected chi connectivity index (χ3v) is 2.89. The summed E-state index contributed by atoms with van der Waals surface area (Å²) in [6, 6.07) is 3.61. The molecule has 0 spiro atoms. The summed E-state index contributed by atoms with van der Waals surface area (Å²) in [5.74, 6) is 0.815. The van der Waals surface area contributed by atoms with Gasteiger partial charge in [0.25, 0.3) is 0 Å². The molecule has 0 N–H and O–H groups in total. The molecule has 2 rings (SSSR count). The molecule has 1 aliphatic heterocycles. The lowest BCUT2D eigenvalue weighted by Gasteiger charge is -2.31. The van der Waals surface area contributed by atoms with Crippen LogP contribution < -0.4 is 0 Å². The predicted octanol–water partition coefficient (Wildman–Crippen LogP) is 1.11.